The zero-order chi connectivity index (χ0) is 90.7. The third kappa shape index (κ3) is 16.4. The molecule has 0 saturated heterocycles. The summed E-state index contributed by atoms with van der Waals surface area (Å²) in [7, 11) is 0.233. The minimum absolute atomic E-state index is 0.0153. The highest BCUT2D eigenvalue weighted by atomic mass is 35.5. The maximum absolute atomic E-state index is 13.6. The van der Waals surface area contributed by atoms with Crippen LogP contribution in [0, 0.1) is 0 Å². The molecule has 0 spiro atoms. The van der Waals surface area contributed by atoms with Crippen LogP contribution in [-0.2, 0) is 60.8 Å². The van der Waals surface area contributed by atoms with Gasteiger partial charge in [0.25, 0.3) is 29.5 Å². The summed E-state index contributed by atoms with van der Waals surface area (Å²) in [6, 6.07) is 44.6. The van der Waals surface area contributed by atoms with Crippen LogP contribution in [0.5, 0.6) is 0 Å². The molecule has 33 heteroatoms. The van der Waals surface area contributed by atoms with Gasteiger partial charge in [-0.2, -0.15) is 10.2 Å². The van der Waals surface area contributed by atoms with E-state index in [0.717, 1.165) is 253 Å². The topological polar surface area (TPSA) is 295 Å². The number of pyridine rings is 5. The fraction of sp³-hybridized carbons (Fsp3) is 0.313. The lowest BCUT2D eigenvalue weighted by Crippen LogP contribution is -2.41. The highest BCUT2D eigenvalue weighted by Gasteiger charge is 2.44. The van der Waals surface area contributed by atoms with Gasteiger partial charge < -0.3 is 47.2 Å². The number of hydrogen-bond acceptors (Lipinski definition) is 17. The minimum atomic E-state index is -3.34. The molecule has 8 aliphatic rings. The summed E-state index contributed by atoms with van der Waals surface area (Å²) in [5.41, 5.74) is 20.8. The van der Waals surface area contributed by atoms with E-state index in [1.165, 1.54) is 6.26 Å². The number of carbonyl (C=O) groups is 5. The van der Waals surface area contributed by atoms with E-state index in [9.17, 15) is 32.4 Å². The van der Waals surface area contributed by atoms with Crippen LogP contribution in [0.4, 0.5) is 5.95 Å². The predicted octanol–water partition coefficient (Wildman–Crippen LogP) is 17.1. The second kappa shape index (κ2) is 36.5. The third-order valence-electron chi connectivity index (χ3n) is 25.9. The molecule has 13 aromatic heterocycles. The Kier molecular flexibility index (Phi) is 24.0. The van der Waals surface area contributed by atoms with E-state index in [4.69, 9.17) is 39.5 Å². The Morgan fingerprint density at radius 2 is 0.856 bits per heavy atom. The fourth-order valence-electron chi connectivity index (χ4n) is 19.2. The summed E-state index contributed by atoms with van der Waals surface area (Å²) >= 11 is 18.6. The number of halogens is 3. The third-order valence-corrected chi connectivity index (χ3v) is 27.8. The van der Waals surface area contributed by atoms with Gasteiger partial charge in [0, 0.05) is 200 Å². The van der Waals surface area contributed by atoms with Crippen molar-refractivity contribution in [2.75, 3.05) is 64.1 Å². The molecule has 5 amide bonds. The van der Waals surface area contributed by atoms with Crippen LogP contribution >= 0.6 is 34.8 Å². The molecule has 3 aliphatic carbocycles. The molecule has 0 N–H and O–H groups in total. The largest absolute Gasteiger partial charge is 0.385 e. The van der Waals surface area contributed by atoms with Crippen molar-refractivity contribution in [3.05, 3.63) is 251 Å². The number of unbranched alkanes of at least 4 members (excludes halogenated alkanes) is 3. The molecule has 5 aliphatic heterocycles. The second-order valence-corrected chi connectivity index (χ2v) is 37.7. The van der Waals surface area contributed by atoms with Gasteiger partial charge in [-0.3, -0.25) is 58.5 Å². The number of carbonyl (C=O) groups excluding carboxylic acids is 5. The van der Waals surface area contributed by atoms with E-state index in [2.05, 4.69) is 70.3 Å². The van der Waals surface area contributed by atoms with Gasteiger partial charge in [0.2, 0.25) is 5.95 Å². The highest BCUT2D eigenvalue weighted by Crippen LogP contribution is 2.46. The molecule has 132 heavy (non-hydrogen) atoms. The molecule has 0 radical (unpaired) electrons. The minimum Gasteiger partial charge on any atom is -0.385 e. The van der Waals surface area contributed by atoms with Crippen LogP contribution in [0.3, 0.4) is 0 Å². The number of nitrogens with zero attached hydrogens (tertiary/aromatic N) is 21. The van der Waals surface area contributed by atoms with Crippen LogP contribution in [-0.4, -0.2) is 212 Å². The first-order valence-corrected chi connectivity index (χ1v) is 48.1. The van der Waals surface area contributed by atoms with Gasteiger partial charge in [0.15, 0.2) is 9.84 Å². The number of sulfone groups is 1. The van der Waals surface area contributed by atoms with E-state index in [1.54, 1.807) is 83.0 Å². The first-order chi connectivity index (χ1) is 64.3. The van der Waals surface area contributed by atoms with Crippen LogP contribution in [0.15, 0.2) is 206 Å². The van der Waals surface area contributed by atoms with Gasteiger partial charge in [-0.05, 0) is 183 Å². The molecule has 0 unspecified atom stereocenters. The Labute approximate surface area is 776 Å². The normalized spacial score (nSPS) is 15.9. The van der Waals surface area contributed by atoms with E-state index >= 15 is 0 Å². The molecule has 3 fully saturated rings. The monoisotopic (exact) mass is 1840 g/mol. The number of fused-ring (bicyclic) bond motifs is 15. The summed E-state index contributed by atoms with van der Waals surface area (Å²) in [5, 5.41) is 10.4. The standard InChI is InChI=1S/C23H20ClN5O.C23H26ClN3O2.C20H19N3O3S.C17H16ClN5O.C16H15N5O/c1-2-4-15-13-26-23(27-14-15)29-12-11-28-18-5-3-10-25-20(18)19(21(28)22(29)30)16-6-8-17(24)9-7-16;1-29-16-5-3-2-4-13-26-14-15-27-19-7-6-12-25-21(19)20(22(27)23(26)28)17-8-10-18(24)11-9-17;1-27(25,26)15-5-2-4-13(12-15)17-18-16(6-3-9-21-18)23-11-10-22(14-7-8-14)20(24)19(17)23;1-21-15(11(18)9-20-21)13-14-12(3-2-6-19-14)23-8-7-22(10-4-5-10)17(24)16(13)23;22-16-15-14(21-8-2-7-18-21)13-12(3-1-6-17-13)20(15)10-9-19(16)11-4-5-11/h3,5-10,13-14H,2,4,11-12H2,1H3;6-12H,2-5,13-16H2,1H3;2-6,9,12,14H,7-8,10-11H2,1H3;2-3,6,9-10H,4-5,7-8H2,1H3;1-3,6-8,11H,4-5,9-10H2. The summed E-state index contributed by atoms with van der Waals surface area (Å²) in [6.45, 7) is 11.0. The highest BCUT2D eigenvalue weighted by molar-refractivity contribution is 7.90. The Balaban J connectivity index is 0.000000103. The lowest BCUT2D eigenvalue weighted by Gasteiger charge is -2.29. The van der Waals surface area contributed by atoms with Gasteiger partial charge in [-0.1, -0.05) is 97.4 Å². The summed E-state index contributed by atoms with van der Waals surface area (Å²) in [6.07, 6.45) is 31.7. The van der Waals surface area contributed by atoms with Crippen molar-refractivity contribution >= 4 is 135 Å². The van der Waals surface area contributed by atoms with Crippen LogP contribution in [0.1, 0.15) is 136 Å². The quantitative estimate of drug-likeness (QED) is 0.0679. The zero-order valence-electron chi connectivity index (χ0n) is 73.5. The second-order valence-electron chi connectivity index (χ2n) is 34.4. The van der Waals surface area contributed by atoms with Crippen molar-refractivity contribution in [1.29, 1.82) is 0 Å². The van der Waals surface area contributed by atoms with Gasteiger partial charge in [0.1, 0.15) is 39.7 Å². The first-order valence-electron chi connectivity index (χ1n) is 45.0. The van der Waals surface area contributed by atoms with E-state index < -0.39 is 9.84 Å². The molecule has 0 bridgehead atoms. The van der Waals surface area contributed by atoms with Crippen molar-refractivity contribution in [2.45, 2.75) is 140 Å². The molecule has 3 saturated carbocycles. The van der Waals surface area contributed by atoms with Crippen molar-refractivity contribution in [2.24, 2.45) is 7.05 Å². The predicted molar refractivity (Wildman–Crippen MR) is 509 cm³/mol. The smallest absolute Gasteiger partial charge is 0.278 e. The summed E-state index contributed by atoms with van der Waals surface area (Å²) in [4.78, 5) is 108. The Hall–Kier alpha value is -13.3. The molecule has 3 aromatic carbocycles. The number of amides is 5. The van der Waals surface area contributed by atoms with E-state index in [-0.39, 0.29) is 34.4 Å². The van der Waals surface area contributed by atoms with Crippen LogP contribution in [0.2, 0.25) is 15.1 Å². The SMILES string of the molecule is CCCc1cnc(N2CCn3c(c(-c4ccc(Cl)cc4)c4ncccc43)C2=O)nc1.COCCCCCCN1CCn2c(c(-c3ccc(Cl)cc3)c3ncccc32)C1=O.CS(=O)(=O)c1cccc(-c2c3n(c4cccnc24)CCN(C2CC2)C3=O)c1.Cn1ncc(Cl)c1-c1c2n(c3cccnc13)CCN(C1CC1)C2=O.O=C1c2c(-n3cccn3)c3ncccc3n2CCN1C1CC1. The van der Waals surface area contributed by atoms with Crippen molar-refractivity contribution in [1.82, 2.24) is 96.9 Å². The van der Waals surface area contributed by atoms with Gasteiger partial charge in [-0.25, -0.2) is 23.1 Å². The van der Waals surface area contributed by atoms with E-state index in [0.29, 0.717) is 81.4 Å². The Morgan fingerprint density at radius 1 is 0.417 bits per heavy atom. The number of ether oxygens (including phenoxy) is 1. The fourth-order valence-corrected chi connectivity index (χ4v) is 20.4. The molecular formula is C99H96Cl3N21O8S. The summed E-state index contributed by atoms with van der Waals surface area (Å²) < 4.78 is 43.0. The van der Waals surface area contributed by atoms with Crippen molar-refractivity contribution in [3.8, 4) is 50.3 Å². The molecule has 29 nitrogen and oxygen atoms in total. The molecular weight excluding hydrogens is 1750 g/mol. The maximum atomic E-state index is 13.6. The maximum Gasteiger partial charge on any atom is 0.278 e. The Morgan fingerprint density at radius 3 is 1.33 bits per heavy atom. The molecule has 24 rings (SSSR count). The lowest BCUT2D eigenvalue weighted by molar-refractivity contribution is 0.0685. The van der Waals surface area contributed by atoms with E-state index in [1.807, 2.05) is 171 Å². The van der Waals surface area contributed by atoms with Gasteiger partial charge in [0.05, 0.1) is 77.0 Å². The van der Waals surface area contributed by atoms with Crippen LogP contribution < -0.4 is 4.90 Å². The summed E-state index contributed by atoms with van der Waals surface area (Å²) in [5.74, 6) is 0.614. The average Bonchev–Trinajstić information content (AvgIpc) is 1.13. The molecule has 18 heterocycles. The van der Waals surface area contributed by atoms with Gasteiger partial charge in [-0.15, -0.1) is 0 Å². The number of methoxy groups -OCH3 is 1. The number of rotatable bonds is 19. The lowest BCUT2D eigenvalue weighted by atomic mass is 10.0. The number of anilines is 1. The first kappa shape index (κ1) is 86.8. The number of aryl methyl sites for hydroxylation is 2. The van der Waals surface area contributed by atoms with Gasteiger partial charge >= 0.3 is 0 Å². The van der Waals surface area contributed by atoms with Crippen molar-refractivity contribution < 1.29 is 37.1 Å². The van der Waals surface area contributed by atoms with Crippen molar-refractivity contribution in [3.63, 3.8) is 0 Å². The number of benzene rings is 3. The van der Waals surface area contributed by atoms with Crippen LogP contribution in [0.25, 0.3) is 105 Å². The molecule has 672 valence electrons. The molecule has 0 atom stereocenters. The number of aromatic nitrogens is 16. The average molecular weight is 1850 g/mol. The number of hydrogen-bond donors (Lipinski definition) is 0. The zero-order valence-corrected chi connectivity index (χ0v) is 76.5. The Bertz CT molecular complexity index is 7250. The molecule has 16 aromatic rings.